The number of nitro groups is 1. The monoisotopic (exact) mass is 548 g/mol. The summed E-state index contributed by atoms with van der Waals surface area (Å²) in [5.41, 5.74) is 2.73. The van der Waals surface area contributed by atoms with Gasteiger partial charge in [0.15, 0.2) is 0 Å². The van der Waals surface area contributed by atoms with Crippen LogP contribution >= 0.6 is 11.6 Å². The van der Waals surface area contributed by atoms with Crippen molar-refractivity contribution in [3.8, 4) is 0 Å². The molecule has 2 aromatic carbocycles. The Hall–Kier alpha value is -3.53. The highest BCUT2D eigenvalue weighted by molar-refractivity contribution is 6.33. The molecule has 2 aliphatic heterocycles. The maximum atomic E-state index is 12.6. The number of amides is 1. The van der Waals surface area contributed by atoms with Gasteiger partial charge in [0.05, 0.1) is 15.5 Å². The minimum Gasteiger partial charge on any atom is -0.353 e. The zero-order valence-corrected chi connectivity index (χ0v) is 22.6. The first-order chi connectivity index (χ1) is 19.0. The van der Waals surface area contributed by atoms with Crippen molar-refractivity contribution in [3.63, 3.8) is 0 Å². The first kappa shape index (κ1) is 27.1. The number of carbonyl (C=O) groups is 1. The summed E-state index contributed by atoms with van der Waals surface area (Å²) in [5, 5.41) is 14.3. The van der Waals surface area contributed by atoms with Crippen molar-refractivity contribution in [1.82, 2.24) is 20.1 Å². The van der Waals surface area contributed by atoms with E-state index in [1.165, 1.54) is 0 Å². The Kier molecular flexibility index (Phi) is 8.71. The third kappa shape index (κ3) is 6.92. The number of rotatable bonds is 8. The molecule has 9 nitrogen and oxygen atoms in total. The lowest BCUT2D eigenvalue weighted by molar-refractivity contribution is -0.384. The van der Waals surface area contributed by atoms with Crippen LogP contribution in [0.4, 0.5) is 11.5 Å². The lowest BCUT2D eigenvalue weighted by atomic mass is 10.0. The topological polar surface area (TPSA) is 94.9 Å². The van der Waals surface area contributed by atoms with E-state index in [1.807, 2.05) is 42.5 Å². The molecule has 0 saturated carbocycles. The number of hydrogen-bond acceptors (Lipinski definition) is 7. The summed E-state index contributed by atoms with van der Waals surface area (Å²) in [6, 6.07) is 18.9. The number of nitrogens with one attached hydrogen (secondary N) is 1. The van der Waals surface area contributed by atoms with E-state index in [0.29, 0.717) is 23.2 Å². The van der Waals surface area contributed by atoms with Gasteiger partial charge in [0.2, 0.25) is 0 Å². The first-order valence-electron chi connectivity index (χ1n) is 13.4. The highest BCUT2D eigenvalue weighted by atomic mass is 35.5. The fourth-order valence-corrected chi connectivity index (χ4v) is 5.68. The molecule has 3 heterocycles. The number of nitrogens with zero attached hydrogens (tertiary/aromatic N) is 5. The molecule has 0 radical (unpaired) electrons. The molecule has 204 valence electrons. The van der Waals surface area contributed by atoms with Crippen molar-refractivity contribution in [3.05, 3.63) is 98.7 Å². The second kappa shape index (κ2) is 12.5. The Balaban J connectivity index is 1.07. The van der Waals surface area contributed by atoms with Crippen LogP contribution < -0.4 is 10.2 Å². The molecule has 0 unspecified atom stereocenters. The van der Waals surface area contributed by atoms with Crippen LogP contribution in [0.2, 0.25) is 5.02 Å². The second-order valence-electron chi connectivity index (χ2n) is 10.2. The standard InChI is InChI=1S/C29H33ClN6O3/c30-27-18-24(29(37)32-19-22-4-2-1-3-5-22)20-31-28(27)35-16-14-34(15-17-35)25-10-12-33(13-11-25)21-23-6-8-26(9-7-23)36(38)39/h1-9,18,20,25H,10-17,19,21H2,(H,32,37). The summed E-state index contributed by atoms with van der Waals surface area (Å²) in [6.07, 6.45) is 3.83. The Labute approximate surface area is 233 Å². The van der Waals surface area contributed by atoms with E-state index >= 15 is 0 Å². The number of carbonyl (C=O) groups excluding carboxylic acids is 1. The number of benzene rings is 2. The molecule has 0 atom stereocenters. The Bertz CT molecular complexity index is 1270. The van der Waals surface area contributed by atoms with Gasteiger partial charge in [-0.05, 0) is 43.1 Å². The molecule has 1 amide bonds. The molecular formula is C29H33ClN6O3. The fourth-order valence-electron chi connectivity index (χ4n) is 5.39. The number of hydrogen-bond donors (Lipinski definition) is 1. The highest BCUT2D eigenvalue weighted by Crippen LogP contribution is 2.27. The van der Waals surface area contributed by atoms with E-state index in [0.717, 1.165) is 75.6 Å². The average molecular weight is 549 g/mol. The molecule has 1 aromatic heterocycles. The number of piperidine rings is 1. The predicted octanol–water partition coefficient (Wildman–Crippen LogP) is 4.36. The van der Waals surface area contributed by atoms with Gasteiger partial charge >= 0.3 is 0 Å². The van der Waals surface area contributed by atoms with Crippen LogP contribution in [0.1, 0.15) is 34.3 Å². The van der Waals surface area contributed by atoms with Gasteiger partial charge in [0.1, 0.15) is 5.82 Å². The van der Waals surface area contributed by atoms with Gasteiger partial charge in [-0.25, -0.2) is 4.98 Å². The Morgan fingerprint density at radius 2 is 1.67 bits per heavy atom. The fraction of sp³-hybridized carbons (Fsp3) is 0.379. The van der Waals surface area contributed by atoms with Crippen molar-refractivity contribution in [2.45, 2.75) is 32.0 Å². The smallest absolute Gasteiger partial charge is 0.269 e. The zero-order chi connectivity index (χ0) is 27.2. The lowest BCUT2D eigenvalue weighted by Gasteiger charge is -2.43. The van der Waals surface area contributed by atoms with Crippen LogP contribution in [-0.4, -0.2) is 70.9 Å². The summed E-state index contributed by atoms with van der Waals surface area (Å²) < 4.78 is 0. The van der Waals surface area contributed by atoms with Crippen molar-refractivity contribution >= 4 is 29.0 Å². The molecule has 1 N–H and O–H groups in total. The van der Waals surface area contributed by atoms with Crippen LogP contribution in [0.3, 0.4) is 0 Å². The van der Waals surface area contributed by atoms with Crippen molar-refractivity contribution < 1.29 is 9.72 Å². The molecule has 3 aromatic rings. The van der Waals surface area contributed by atoms with Crippen LogP contribution in [0.15, 0.2) is 66.9 Å². The number of halogens is 1. The molecule has 0 bridgehead atoms. The van der Waals surface area contributed by atoms with E-state index in [-0.39, 0.29) is 16.5 Å². The summed E-state index contributed by atoms with van der Waals surface area (Å²) in [6.45, 7) is 6.89. The van der Waals surface area contributed by atoms with Crippen LogP contribution in [-0.2, 0) is 13.1 Å². The maximum Gasteiger partial charge on any atom is 0.269 e. The van der Waals surface area contributed by atoms with Crippen LogP contribution in [0.5, 0.6) is 0 Å². The second-order valence-corrected chi connectivity index (χ2v) is 10.6. The van der Waals surface area contributed by atoms with E-state index in [9.17, 15) is 14.9 Å². The van der Waals surface area contributed by atoms with Crippen LogP contribution in [0, 0.1) is 10.1 Å². The SMILES string of the molecule is O=C(NCc1ccccc1)c1cnc(N2CCN(C3CCN(Cc4ccc([N+](=O)[O-])cc4)CC3)CC2)c(Cl)c1. The van der Waals surface area contributed by atoms with E-state index in [4.69, 9.17) is 11.6 Å². The van der Waals surface area contributed by atoms with Gasteiger partial charge in [-0.3, -0.25) is 24.7 Å². The third-order valence-electron chi connectivity index (χ3n) is 7.62. The molecule has 0 aliphatic carbocycles. The number of anilines is 1. The largest absolute Gasteiger partial charge is 0.353 e. The maximum absolute atomic E-state index is 12.6. The molecule has 2 saturated heterocycles. The van der Waals surface area contributed by atoms with E-state index in [2.05, 4.69) is 25.0 Å². The molecule has 2 aliphatic rings. The van der Waals surface area contributed by atoms with Gasteiger partial charge < -0.3 is 10.2 Å². The Morgan fingerprint density at radius 3 is 2.31 bits per heavy atom. The van der Waals surface area contributed by atoms with Crippen molar-refractivity contribution in [2.75, 3.05) is 44.2 Å². The average Bonchev–Trinajstić information content (AvgIpc) is 2.97. The number of non-ortho nitro benzene ring substituents is 1. The summed E-state index contributed by atoms with van der Waals surface area (Å²) in [4.78, 5) is 34.8. The number of pyridine rings is 1. The number of piperazine rings is 1. The molecule has 5 rings (SSSR count). The summed E-state index contributed by atoms with van der Waals surface area (Å²) in [7, 11) is 0. The molecule has 39 heavy (non-hydrogen) atoms. The van der Waals surface area contributed by atoms with Gasteiger partial charge in [0, 0.05) is 63.6 Å². The molecule has 2 fully saturated rings. The van der Waals surface area contributed by atoms with Crippen molar-refractivity contribution in [2.24, 2.45) is 0 Å². The molecule has 0 spiro atoms. The normalized spacial score (nSPS) is 17.2. The lowest BCUT2D eigenvalue weighted by Crippen LogP contribution is -2.53. The quantitative estimate of drug-likeness (QED) is 0.330. The molecular weight excluding hydrogens is 516 g/mol. The van der Waals surface area contributed by atoms with E-state index in [1.54, 1.807) is 24.4 Å². The van der Waals surface area contributed by atoms with Gasteiger partial charge in [-0.15, -0.1) is 0 Å². The van der Waals surface area contributed by atoms with Gasteiger partial charge in [-0.2, -0.15) is 0 Å². The van der Waals surface area contributed by atoms with Gasteiger partial charge in [-0.1, -0.05) is 54.1 Å². The van der Waals surface area contributed by atoms with Crippen LogP contribution in [0.25, 0.3) is 0 Å². The summed E-state index contributed by atoms with van der Waals surface area (Å²) >= 11 is 6.58. The minimum atomic E-state index is -0.360. The van der Waals surface area contributed by atoms with Gasteiger partial charge in [0.25, 0.3) is 11.6 Å². The summed E-state index contributed by atoms with van der Waals surface area (Å²) in [5.74, 6) is 0.540. The molecule has 10 heteroatoms. The minimum absolute atomic E-state index is 0.133. The van der Waals surface area contributed by atoms with Crippen molar-refractivity contribution in [1.29, 1.82) is 0 Å². The highest BCUT2D eigenvalue weighted by Gasteiger charge is 2.28. The number of nitro benzene ring substituents is 1. The zero-order valence-electron chi connectivity index (χ0n) is 21.8. The third-order valence-corrected chi connectivity index (χ3v) is 7.90. The first-order valence-corrected chi connectivity index (χ1v) is 13.8. The number of likely N-dealkylation sites (tertiary alicyclic amines) is 1. The predicted molar refractivity (Wildman–Crippen MR) is 152 cm³/mol. The number of aromatic nitrogens is 1. The Morgan fingerprint density at radius 1 is 0.974 bits per heavy atom. The van der Waals surface area contributed by atoms with E-state index < -0.39 is 0 Å².